The van der Waals surface area contributed by atoms with Gasteiger partial charge in [-0.15, -0.1) is 0 Å². The van der Waals surface area contributed by atoms with Gasteiger partial charge in [0.2, 0.25) is 0 Å². The minimum Gasteiger partial charge on any atom is -0.493 e. The van der Waals surface area contributed by atoms with E-state index in [1.54, 1.807) is 42.5 Å². The first-order valence-electron chi connectivity index (χ1n) is 11.5. The molecule has 0 saturated heterocycles. The molecule has 12 heteroatoms. The van der Waals surface area contributed by atoms with E-state index >= 15 is 0 Å². The first-order chi connectivity index (χ1) is 19.1. The molecule has 9 nitrogen and oxygen atoms in total. The number of hydrogen-bond donors (Lipinski definition) is 2. The number of methoxy groups -OCH3 is 1. The van der Waals surface area contributed by atoms with Gasteiger partial charge in [0, 0.05) is 20.7 Å². The molecule has 0 heterocycles. The van der Waals surface area contributed by atoms with E-state index in [9.17, 15) is 18.0 Å². The predicted molar refractivity (Wildman–Crippen MR) is 156 cm³/mol. The van der Waals surface area contributed by atoms with Crippen LogP contribution in [0.2, 0.25) is 5.02 Å². The van der Waals surface area contributed by atoms with Gasteiger partial charge in [0.15, 0.2) is 11.5 Å². The third-order valence-corrected chi connectivity index (χ3v) is 7.50. The Hall–Kier alpha value is -4.19. The minimum absolute atomic E-state index is 0.0559. The summed E-state index contributed by atoms with van der Waals surface area (Å²) < 4.78 is 39.0. The first-order valence-corrected chi connectivity index (χ1v) is 14.2. The fourth-order valence-corrected chi connectivity index (χ4v) is 4.95. The van der Waals surface area contributed by atoms with Crippen molar-refractivity contribution in [1.29, 1.82) is 0 Å². The van der Waals surface area contributed by atoms with Gasteiger partial charge in [-0.3, -0.25) is 9.52 Å². The van der Waals surface area contributed by atoms with E-state index in [1.807, 2.05) is 0 Å². The molecule has 204 valence electrons. The number of ether oxygens (including phenoxy) is 2. The Balaban J connectivity index is 1.36. The zero-order valence-corrected chi connectivity index (χ0v) is 24.0. The van der Waals surface area contributed by atoms with Crippen LogP contribution in [0.4, 0.5) is 5.69 Å². The quantitative estimate of drug-likeness (QED) is 0.102. The molecule has 1 amide bonds. The highest BCUT2D eigenvalue weighted by Gasteiger charge is 2.15. The number of hydrazone groups is 1. The second-order valence-corrected chi connectivity index (χ2v) is 11.2. The van der Waals surface area contributed by atoms with Gasteiger partial charge in [0.25, 0.3) is 15.9 Å². The zero-order chi connectivity index (χ0) is 28.7. The fraction of sp³-hybridized carbons (Fsp3) is 0.0357. The van der Waals surface area contributed by atoms with Gasteiger partial charge in [-0.05, 0) is 90.5 Å². The van der Waals surface area contributed by atoms with Gasteiger partial charge in [-0.1, -0.05) is 33.6 Å². The largest absolute Gasteiger partial charge is 0.493 e. The molecule has 0 radical (unpaired) electrons. The Morgan fingerprint density at radius 3 is 2.30 bits per heavy atom. The Morgan fingerprint density at radius 1 is 0.900 bits per heavy atom. The summed E-state index contributed by atoms with van der Waals surface area (Å²) >= 11 is 9.13. The maximum atomic E-state index is 12.5. The molecular weight excluding hydrogens is 622 g/mol. The third kappa shape index (κ3) is 7.47. The van der Waals surface area contributed by atoms with Gasteiger partial charge in [-0.25, -0.2) is 18.6 Å². The average Bonchev–Trinajstić information content (AvgIpc) is 2.94. The molecule has 0 fully saturated rings. The van der Waals surface area contributed by atoms with Crippen LogP contribution >= 0.6 is 27.5 Å². The number of nitrogens with zero attached hydrogens (tertiary/aromatic N) is 1. The molecule has 0 bridgehead atoms. The number of benzene rings is 4. The minimum atomic E-state index is -3.81. The summed E-state index contributed by atoms with van der Waals surface area (Å²) in [7, 11) is -2.37. The monoisotopic (exact) mass is 641 g/mol. The molecular formula is C28H21BrClN3O6S. The summed E-state index contributed by atoms with van der Waals surface area (Å²) in [5.74, 6) is -0.525. The van der Waals surface area contributed by atoms with Gasteiger partial charge in [0.05, 0.1) is 23.8 Å². The molecule has 0 unspecified atom stereocenters. The van der Waals surface area contributed by atoms with E-state index in [-0.39, 0.29) is 21.9 Å². The van der Waals surface area contributed by atoms with E-state index in [0.717, 1.165) is 4.47 Å². The highest BCUT2D eigenvalue weighted by atomic mass is 79.9. The van der Waals surface area contributed by atoms with E-state index in [2.05, 4.69) is 31.2 Å². The summed E-state index contributed by atoms with van der Waals surface area (Å²) in [6.45, 7) is 0. The number of carbonyl (C=O) groups excluding carboxylic acids is 2. The van der Waals surface area contributed by atoms with E-state index in [0.29, 0.717) is 21.9 Å². The lowest BCUT2D eigenvalue weighted by molar-refractivity contribution is 0.0729. The predicted octanol–water partition coefficient (Wildman–Crippen LogP) is 5.90. The lowest BCUT2D eigenvalue weighted by Crippen LogP contribution is -2.18. The van der Waals surface area contributed by atoms with E-state index < -0.39 is 21.9 Å². The van der Waals surface area contributed by atoms with Crippen molar-refractivity contribution in [2.75, 3.05) is 11.8 Å². The molecule has 0 aliphatic heterocycles. The number of esters is 1. The average molecular weight is 643 g/mol. The molecule has 0 atom stereocenters. The van der Waals surface area contributed by atoms with Gasteiger partial charge in [-0.2, -0.15) is 5.10 Å². The van der Waals surface area contributed by atoms with Crippen molar-refractivity contribution in [3.8, 4) is 11.5 Å². The van der Waals surface area contributed by atoms with Crippen LogP contribution in [0.3, 0.4) is 0 Å². The molecule has 0 spiro atoms. The number of sulfonamides is 1. The van der Waals surface area contributed by atoms with E-state index in [4.69, 9.17) is 21.1 Å². The van der Waals surface area contributed by atoms with Crippen LogP contribution in [-0.2, 0) is 10.0 Å². The van der Waals surface area contributed by atoms with Crippen molar-refractivity contribution in [2.45, 2.75) is 4.90 Å². The van der Waals surface area contributed by atoms with Crippen LogP contribution in [-0.4, -0.2) is 33.6 Å². The van der Waals surface area contributed by atoms with Crippen LogP contribution < -0.4 is 19.6 Å². The summed E-state index contributed by atoms with van der Waals surface area (Å²) in [5.41, 5.74) is 3.90. The fourth-order valence-electron chi connectivity index (χ4n) is 3.37. The summed E-state index contributed by atoms with van der Waals surface area (Å²) in [6, 6.07) is 23.2. The highest BCUT2D eigenvalue weighted by molar-refractivity contribution is 9.10. The smallest absolute Gasteiger partial charge is 0.343 e. The first kappa shape index (κ1) is 28.8. The summed E-state index contributed by atoms with van der Waals surface area (Å²) in [6.07, 6.45) is 1.40. The maximum Gasteiger partial charge on any atom is 0.343 e. The maximum absolute atomic E-state index is 12.5. The van der Waals surface area contributed by atoms with Crippen LogP contribution in [0.1, 0.15) is 26.3 Å². The van der Waals surface area contributed by atoms with Gasteiger partial charge in [0.1, 0.15) is 0 Å². The summed E-state index contributed by atoms with van der Waals surface area (Å²) in [5, 5.41) is 4.38. The molecule has 0 aliphatic rings. The topological polar surface area (TPSA) is 123 Å². The second kappa shape index (κ2) is 12.8. The number of halogens is 2. The standard InChI is InChI=1S/C28H21BrClN3O6S/c1-38-26-15-18(5-14-25(26)39-28(35)20-3-2-4-21(29)16-20)17-31-32-27(34)19-6-10-23(11-7-19)33-40(36,37)24-12-8-22(30)9-13-24/h2-17,33H,1H3,(H,32,34)/b31-17-. The van der Waals surface area contributed by atoms with E-state index in [1.165, 1.54) is 61.9 Å². The van der Waals surface area contributed by atoms with Gasteiger partial charge >= 0.3 is 5.97 Å². The highest BCUT2D eigenvalue weighted by Crippen LogP contribution is 2.28. The van der Waals surface area contributed by atoms with Crippen molar-refractivity contribution >= 4 is 61.3 Å². The van der Waals surface area contributed by atoms with Crippen molar-refractivity contribution in [3.05, 3.63) is 117 Å². The van der Waals surface area contributed by atoms with Crippen molar-refractivity contribution < 1.29 is 27.5 Å². The zero-order valence-electron chi connectivity index (χ0n) is 20.8. The molecule has 2 N–H and O–H groups in total. The van der Waals surface area contributed by atoms with Crippen LogP contribution in [0.5, 0.6) is 11.5 Å². The Morgan fingerprint density at radius 2 is 1.62 bits per heavy atom. The number of carbonyl (C=O) groups is 2. The molecule has 4 rings (SSSR count). The normalized spacial score (nSPS) is 11.2. The SMILES string of the molecule is COc1cc(/C=N\NC(=O)c2ccc(NS(=O)(=O)c3ccc(Cl)cc3)cc2)ccc1OC(=O)c1cccc(Br)c1. The Labute approximate surface area is 244 Å². The molecule has 40 heavy (non-hydrogen) atoms. The number of hydrogen-bond acceptors (Lipinski definition) is 7. The van der Waals surface area contributed by atoms with Crippen LogP contribution in [0.25, 0.3) is 0 Å². The lowest BCUT2D eigenvalue weighted by atomic mass is 10.2. The lowest BCUT2D eigenvalue weighted by Gasteiger charge is -2.10. The molecule has 4 aromatic carbocycles. The number of anilines is 1. The third-order valence-electron chi connectivity index (χ3n) is 5.35. The Bertz CT molecular complexity index is 1680. The molecule has 4 aromatic rings. The second-order valence-electron chi connectivity index (χ2n) is 8.15. The van der Waals surface area contributed by atoms with Crippen molar-refractivity contribution in [2.24, 2.45) is 5.10 Å². The van der Waals surface area contributed by atoms with Crippen molar-refractivity contribution in [3.63, 3.8) is 0 Å². The molecule has 0 saturated carbocycles. The number of rotatable bonds is 9. The van der Waals surface area contributed by atoms with Crippen molar-refractivity contribution in [1.82, 2.24) is 5.43 Å². The number of amides is 1. The van der Waals surface area contributed by atoms with Crippen LogP contribution in [0, 0.1) is 0 Å². The molecule has 0 aromatic heterocycles. The Kier molecular flexibility index (Phi) is 9.20. The number of nitrogens with one attached hydrogen (secondary N) is 2. The molecule has 0 aliphatic carbocycles. The van der Waals surface area contributed by atoms with Gasteiger partial charge < -0.3 is 9.47 Å². The summed E-state index contributed by atoms with van der Waals surface area (Å²) in [4.78, 5) is 25.0. The van der Waals surface area contributed by atoms with Crippen LogP contribution in [0.15, 0.2) is 105 Å².